The van der Waals surface area contributed by atoms with Gasteiger partial charge in [-0.2, -0.15) is 0 Å². The van der Waals surface area contributed by atoms with Gasteiger partial charge in [0.05, 0.1) is 12.8 Å². The van der Waals surface area contributed by atoms with Crippen molar-refractivity contribution in [2.75, 3.05) is 18.6 Å². The number of ether oxygens (including phenoxy) is 1. The molecule has 6 heteroatoms. The van der Waals surface area contributed by atoms with Gasteiger partial charge in [-0.15, -0.1) is 0 Å². The molecular weight excluding hydrogens is 322 g/mol. The Morgan fingerprint density at radius 1 is 1.16 bits per heavy atom. The van der Waals surface area contributed by atoms with Crippen LogP contribution in [0.5, 0.6) is 5.75 Å². The molecule has 2 aromatic carbocycles. The highest BCUT2D eigenvalue weighted by atomic mass is 16.5. The number of fused-ring (bicyclic) bond motifs is 1. The van der Waals surface area contributed by atoms with E-state index >= 15 is 0 Å². The van der Waals surface area contributed by atoms with Crippen LogP contribution in [-0.2, 0) is 0 Å². The van der Waals surface area contributed by atoms with Crippen LogP contribution in [0.3, 0.4) is 0 Å². The number of methoxy groups -OCH3 is 1. The number of amides is 1. The molecule has 6 nitrogen and oxygen atoms in total. The number of hydrogen-bond donors (Lipinski definition) is 1. The van der Waals surface area contributed by atoms with Crippen LogP contribution in [0.25, 0.3) is 0 Å². The van der Waals surface area contributed by atoms with Gasteiger partial charge in [-0.1, -0.05) is 12.1 Å². The van der Waals surface area contributed by atoms with Crippen molar-refractivity contribution in [3.8, 4) is 5.75 Å². The molecule has 1 aliphatic heterocycles. The van der Waals surface area contributed by atoms with Gasteiger partial charge in [-0.25, -0.2) is 4.79 Å². The third-order valence-electron chi connectivity index (χ3n) is 4.20. The number of ketones is 1. The lowest BCUT2D eigenvalue weighted by Crippen LogP contribution is -2.31. The normalized spacial score (nSPS) is 13.8. The Balaban J connectivity index is 2.02. The highest BCUT2D eigenvalue weighted by molar-refractivity contribution is 6.12. The minimum atomic E-state index is -1.12. The Labute approximate surface area is 144 Å². The lowest BCUT2D eigenvalue weighted by atomic mass is 10.1. The van der Waals surface area contributed by atoms with E-state index in [1.807, 2.05) is 0 Å². The summed E-state index contributed by atoms with van der Waals surface area (Å²) in [5.74, 6) is -1.28. The van der Waals surface area contributed by atoms with Gasteiger partial charge >= 0.3 is 5.97 Å². The Hall–Kier alpha value is -3.15. The average molecular weight is 339 g/mol. The smallest absolute Gasteiger partial charge is 0.339 e. The molecule has 0 saturated heterocycles. The van der Waals surface area contributed by atoms with Crippen molar-refractivity contribution in [3.63, 3.8) is 0 Å². The number of carbonyl (C=O) groups is 3. The Morgan fingerprint density at radius 3 is 2.64 bits per heavy atom. The number of nitrogens with zero attached hydrogens (tertiary/aromatic N) is 1. The van der Waals surface area contributed by atoms with Crippen LogP contribution < -0.4 is 9.64 Å². The molecule has 0 saturated carbocycles. The molecule has 3 rings (SSSR count). The van der Waals surface area contributed by atoms with E-state index in [1.165, 1.54) is 25.3 Å². The number of rotatable bonds is 3. The summed E-state index contributed by atoms with van der Waals surface area (Å²) in [6.07, 6.45) is 0.964. The van der Waals surface area contributed by atoms with Crippen LogP contribution in [0, 0.1) is 0 Å². The second-order valence-corrected chi connectivity index (χ2v) is 5.72. The van der Waals surface area contributed by atoms with Gasteiger partial charge in [0.15, 0.2) is 5.78 Å². The topological polar surface area (TPSA) is 83.9 Å². The first kappa shape index (κ1) is 16.7. The summed E-state index contributed by atoms with van der Waals surface area (Å²) in [5.41, 5.74) is 1.41. The summed E-state index contributed by atoms with van der Waals surface area (Å²) in [7, 11) is 1.36. The fourth-order valence-corrected chi connectivity index (χ4v) is 2.97. The third kappa shape index (κ3) is 3.10. The van der Waals surface area contributed by atoms with E-state index in [0.29, 0.717) is 36.2 Å². The molecule has 0 spiro atoms. The number of carboxylic acids is 1. The number of aromatic carboxylic acids is 1. The van der Waals surface area contributed by atoms with Crippen molar-refractivity contribution in [3.05, 3.63) is 59.2 Å². The van der Waals surface area contributed by atoms with Crippen molar-refractivity contribution >= 4 is 23.3 Å². The molecular formula is C19H17NO5. The highest BCUT2D eigenvalue weighted by Crippen LogP contribution is 2.29. The van der Waals surface area contributed by atoms with Gasteiger partial charge in [0.1, 0.15) is 11.3 Å². The monoisotopic (exact) mass is 339 g/mol. The zero-order valence-electron chi connectivity index (χ0n) is 13.7. The molecule has 1 aliphatic rings. The largest absolute Gasteiger partial charge is 0.496 e. The molecule has 0 unspecified atom stereocenters. The van der Waals surface area contributed by atoms with Gasteiger partial charge in [0.25, 0.3) is 5.91 Å². The summed E-state index contributed by atoms with van der Waals surface area (Å²) < 4.78 is 5.09. The molecule has 0 atom stereocenters. The fourth-order valence-electron chi connectivity index (χ4n) is 2.97. The first-order valence-electron chi connectivity index (χ1n) is 7.88. The van der Waals surface area contributed by atoms with Gasteiger partial charge in [0.2, 0.25) is 0 Å². The molecule has 0 aromatic heterocycles. The molecule has 0 radical (unpaired) electrons. The molecule has 1 N–H and O–H groups in total. The van der Waals surface area contributed by atoms with E-state index in [0.717, 1.165) is 0 Å². The maximum absolute atomic E-state index is 13.0. The molecule has 0 fully saturated rings. The van der Waals surface area contributed by atoms with E-state index < -0.39 is 5.97 Å². The Kier molecular flexibility index (Phi) is 4.52. The van der Waals surface area contributed by atoms with Crippen LogP contribution in [-0.4, -0.2) is 36.4 Å². The molecule has 0 aliphatic carbocycles. The van der Waals surface area contributed by atoms with Crippen LogP contribution in [0.2, 0.25) is 0 Å². The first-order chi connectivity index (χ1) is 12.0. The summed E-state index contributed by atoms with van der Waals surface area (Å²) in [4.78, 5) is 38.0. The van der Waals surface area contributed by atoms with E-state index in [2.05, 4.69) is 0 Å². The zero-order chi connectivity index (χ0) is 18.0. The number of hydrogen-bond acceptors (Lipinski definition) is 4. The van der Waals surface area contributed by atoms with Gasteiger partial charge < -0.3 is 14.7 Å². The third-order valence-corrected chi connectivity index (χ3v) is 4.20. The van der Waals surface area contributed by atoms with Crippen LogP contribution in [0.1, 0.15) is 43.9 Å². The number of benzene rings is 2. The van der Waals surface area contributed by atoms with Crippen LogP contribution >= 0.6 is 0 Å². The number of Topliss-reactive ketones (excluding diaryl/α,β-unsaturated/α-hetero) is 1. The van der Waals surface area contributed by atoms with Gasteiger partial charge in [-0.05, 0) is 36.8 Å². The number of para-hydroxylation sites is 1. The predicted octanol–water partition coefficient (Wildman–Crippen LogP) is 3.02. The van der Waals surface area contributed by atoms with E-state index in [4.69, 9.17) is 9.84 Å². The second kappa shape index (κ2) is 6.76. The fraction of sp³-hybridized carbons (Fsp3) is 0.211. The predicted molar refractivity (Wildman–Crippen MR) is 91.6 cm³/mol. The van der Waals surface area contributed by atoms with Crippen molar-refractivity contribution in [1.82, 2.24) is 0 Å². The van der Waals surface area contributed by atoms with E-state index in [-0.39, 0.29) is 23.0 Å². The van der Waals surface area contributed by atoms with E-state index in [9.17, 15) is 14.4 Å². The lowest BCUT2D eigenvalue weighted by Gasteiger charge is -2.23. The minimum Gasteiger partial charge on any atom is -0.496 e. The molecule has 0 bridgehead atoms. The molecule has 25 heavy (non-hydrogen) atoms. The standard InChI is InChI=1S/C19H17NO5/c1-25-17-11-12(8-9-14(17)19(23)24)18(22)20-10-4-7-16(21)13-5-2-3-6-15(13)20/h2-3,5-6,8-9,11H,4,7,10H2,1H3,(H,23,24). The summed E-state index contributed by atoms with van der Waals surface area (Å²) in [6, 6.07) is 11.3. The van der Waals surface area contributed by atoms with Crippen molar-refractivity contribution in [2.24, 2.45) is 0 Å². The van der Waals surface area contributed by atoms with Crippen LogP contribution in [0.4, 0.5) is 5.69 Å². The SMILES string of the molecule is COc1cc(C(=O)N2CCCC(=O)c3ccccc32)ccc1C(=O)O. The summed E-state index contributed by atoms with van der Waals surface area (Å²) >= 11 is 0. The maximum atomic E-state index is 13.0. The molecule has 128 valence electrons. The van der Waals surface area contributed by atoms with Gasteiger partial charge in [0, 0.05) is 24.1 Å². The second-order valence-electron chi connectivity index (χ2n) is 5.72. The van der Waals surface area contributed by atoms with E-state index in [1.54, 1.807) is 29.2 Å². The minimum absolute atomic E-state index is 0.00880. The first-order valence-corrected chi connectivity index (χ1v) is 7.88. The molecule has 2 aromatic rings. The quantitative estimate of drug-likeness (QED) is 0.929. The van der Waals surface area contributed by atoms with Crippen LogP contribution in [0.15, 0.2) is 42.5 Å². The Morgan fingerprint density at radius 2 is 1.92 bits per heavy atom. The van der Waals surface area contributed by atoms with Crippen molar-refractivity contribution in [1.29, 1.82) is 0 Å². The average Bonchev–Trinajstić information content (AvgIpc) is 2.80. The number of carbonyl (C=O) groups excluding carboxylic acids is 2. The van der Waals surface area contributed by atoms with Crippen molar-refractivity contribution < 1.29 is 24.2 Å². The zero-order valence-corrected chi connectivity index (χ0v) is 13.7. The number of anilines is 1. The Bertz CT molecular complexity index is 859. The van der Waals surface area contributed by atoms with Crippen molar-refractivity contribution in [2.45, 2.75) is 12.8 Å². The highest BCUT2D eigenvalue weighted by Gasteiger charge is 2.26. The summed E-state index contributed by atoms with van der Waals surface area (Å²) in [6.45, 7) is 0.421. The molecule has 1 amide bonds. The molecule has 1 heterocycles. The van der Waals surface area contributed by atoms with Gasteiger partial charge in [-0.3, -0.25) is 9.59 Å². The number of carboxylic acid groups (broad SMARTS) is 1. The summed E-state index contributed by atoms with van der Waals surface area (Å²) in [5, 5.41) is 9.16. The maximum Gasteiger partial charge on any atom is 0.339 e. The lowest BCUT2D eigenvalue weighted by molar-refractivity contribution is 0.0692.